The van der Waals surface area contributed by atoms with Crippen molar-refractivity contribution in [1.29, 1.82) is 0 Å². The Hall–Kier alpha value is -2.56. The number of fused-ring (bicyclic) bond motifs is 3. The van der Waals surface area contributed by atoms with Crippen LogP contribution in [0, 0.1) is 12.8 Å². The van der Waals surface area contributed by atoms with Crippen molar-refractivity contribution in [3.8, 4) is 0 Å². The first-order valence-electron chi connectivity index (χ1n) is 7.59. The van der Waals surface area contributed by atoms with Crippen molar-refractivity contribution in [3.05, 3.63) is 58.4 Å². The average Bonchev–Trinajstić information content (AvgIpc) is 3.10. The number of carbonyl (C=O) groups is 2. The van der Waals surface area contributed by atoms with E-state index in [9.17, 15) is 9.59 Å². The normalized spacial score (nSPS) is 29.9. The highest BCUT2D eigenvalue weighted by molar-refractivity contribution is 5.92. The highest BCUT2D eigenvalue weighted by atomic mass is 16.7. The molecule has 0 aromatic heterocycles. The SMILES string of the molecule is CC1=C[C@@H](O/C=C2/C(=O)O[C@H]3c4c(C)cccc4C[C@@H]23)OC1=O. The predicted molar refractivity (Wildman–Crippen MR) is 80.0 cm³/mol. The van der Waals surface area contributed by atoms with Gasteiger partial charge >= 0.3 is 11.9 Å². The van der Waals surface area contributed by atoms with Gasteiger partial charge in [0, 0.05) is 17.6 Å². The lowest BCUT2D eigenvalue weighted by Gasteiger charge is -2.11. The van der Waals surface area contributed by atoms with E-state index in [1.54, 1.807) is 13.0 Å². The van der Waals surface area contributed by atoms with E-state index in [2.05, 4.69) is 6.07 Å². The number of ether oxygens (including phenoxy) is 3. The highest BCUT2D eigenvalue weighted by Crippen LogP contribution is 2.48. The third-order valence-corrected chi connectivity index (χ3v) is 4.63. The minimum absolute atomic E-state index is 0.0409. The maximum absolute atomic E-state index is 12.1. The van der Waals surface area contributed by atoms with E-state index in [1.807, 2.05) is 19.1 Å². The Morgan fingerprint density at radius 2 is 2.00 bits per heavy atom. The molecular weight excluding hydrogens is 296 g/mol. The Bertz CT molecular complexity index is 774. The van der Waals surface area contributed by atoms with Gasteiger partial charge in [-0.15, -0.1) is 0 Å². The van der Waals surface area contributed by atoms with Crippen LogP contribution in [0.25, 0.3) is 0 Å². The molecule has 3 atom stereocenters. The third kappa shape index (κ3) is 2.15. The lowest BCUT2D eigenvalue weighted by atomic mass is 9.97. The molecule has 0 spiro atoms. The van der Waals surface area contributed by atoms with Gasteiger partial charge in [0.2, 0.25) is 0 Å². The second kappa shape index (κ2) is 4.98. The molecule has 5 heteroatoms. The van der Waals surface area contributed by atoms with Crippen LogP contribution in [0.15, 0.2) is 41.7 Å². The van der Waals surface area contributed by atoms with Gasteiger partial charge in [-0.1, -0.05) is 18.2 Å². The fourth-order valence-electron chi connectivity index (χ4n) is 3.47. The molecule has 5 nitrogen and oxygen atoms in total. The third-order valence-electron chi connectivity index (χ3n) is 4.63. The molecular formula is C18H16O5. The van der Waals surface area contributed by atoms with Gasteiger partial charge in [-0.3, -0.25) is 0 Å². The topological polar surface area (TPSA) is 61.8 Å². The number of rotatable bonds is 2. The van der Waals surface area contributed by atoms with Crippen molar-refractivity contribution >= 4 is 11.9 Å². The van der Waals surface area contributed by atoms with Gasteiger partial charge in [0.25, 0.3) is 6.29 Å². The van der Waals surface area contributed by atoms with Gasteiger partial charge in [-0.05, 0) is 37.0 Å². The molecule has 0 N–H and O–H groups in total. The lowest BCUT2D eigenvalue weighted by molar-refractivity contribution is -0.152. The zero-order valence-corrected chi connectivity index (χ0v) is 12.9. The fraction of sp³-hybridized carbons (Fsp3) is 0.333. The summed E-state index contributed by atoms with van der Waals surface area (Å²) in [5.74, 6) is -0.802. The number of hydrogen-bond acceptors (Lipinski definition) is 5. The molecule has 0 amide bonds. The van der Waals surface area contributed by atoms with Gasteiger partial charge in [0.15, 0.2) is 0 Å². The minimum Gasteiger partial charge on any atom is -0.458 e. The second-order valence-corrected chi connectivity index (χ2v) is 6.12. The summed E-state index contributed by atoms with van der Waals surface area (Å²) >= 11 is 0. The van der Waals surface area contributed by atoms with Crippen LogP contribution in [0.5, 0.6) is 0 Å². The molecule has 1 aliphatic carbocycles. The summed E-state index contributed by atoms with van der Waals surface area (Å²) in [6.45, 7) is 3.69. The lowest BCUT2D eigenvalue weighted by Crippen LogP contribution is -2.11. The van der Waals surface area contributed by atoms with Crippen molar-refractivity contribution in [2.45, 2.75) is 32.7 Å². The van der Waals surface area contributed by atoms with Crippen molar-refractivity contribution in [2.75, 3.05) is 0 Å². The molecule has 1 saturated heterocycles. The number of cyclic esters (lactones) is 1. The molecule has 0 unspecified atom stereocenters. The minimum atomic E-state index is -0.771. The number of hydrogen-bond donors (Lipinski definition) is 0. The van der Waals surface area contributed by atoms with Crippen molar-refractivity contribution in [3.63, 3.8) is 0 Å². The Balaban J connectivity index is 1.58. The van der Waals surface area contributed by atoms with E-state index in [0.717, 1.165) is 17.5 Å². The van der Waals surface area contributed by atoms with E-state index < -0.39 is 12.3 Å². The molecule has 2 heterocycles. The van der Waals surface area contributed by atoms with Crippen LogP contribution in [0.2, 0.25) is 0 Å². The smallest absolute Gasteiger partial charge is 0.338 e. The van der Waals surface area contributed by atoms with Gasteiger partial charge in [0.1, 0.15) is 6.10 Å². The van der Waals surface area contributed by atoms with Gasteiger partial charge in [-0.2, -0.15) is 0 Å². The molecule has 118 valence electrons. The van der Waals surface area contributed by atoms with E-state index in [-0.39, 0.29) is 18.0 Å². The van der Waals surface area contributed by atoms with Crippen LogP contribution in [0.3, 0.4) is 0 Å². The van der Waals surface area contributed by atoms with Crippen LogP contribution in [0.4, 0.5) is 0 Å². The highest BCUT2D eigenvalue weighted by Gasteiger charge is 2.47. The quantitative estimate of drug-likeness (QED) is 0.477. The molecule has 0 radical (unpaired) electrons. The molecule has 1 aromatic carbocycles. The number of esters is 2. The summed E-state index contributed by atoms with van der Waals surface area (Å²) in [7, 11) is 0. The first-order chi connectivity index (χ1) is 11.0. The number of benzene rings is 1. The standard InChI is InChI=1S/C18H16O5/c1-9-4-3-5-11-7-12-13(18(20)23-16(12)15(9)11)8-21-14-6-10(2)17(19)22-14/h3-6,8,12,14,16H,7H2,1-2H3/b13-8+/t12-,14-,16+/m0/s1. The Kier molecular flexibility index (Phi) is 3.04. The van der Waals surface area contributed by atoms with Gasteiger partial charge < -0.3 is 14.2 Å². The molecule has 4 rings (SSSR count). The fourth-order valence-corrected chi connectivity index (χ4v) is 3.47. The maximum Gasteiger partial charge on any atom is 0.338 e. The first kappa shape index (κ1) is 14.1. The van der Waals surface area contributed by atoms with Gasteiger partial charge in [-0.25, -0.2) is 9.59 Å². The number of carbonyl (C=O) groups excluding carboxylic acids is 2. The molecule has 2 aliphatic heterocycles. The second-order valence-electron chi connectivity index (χ2n) is 6.12. The summed E-state index contributed by atoms with van der Waals surface area (Å²) in [5, 5.41) is 0. The Morgan fingerprint density at radius 3 is 2.74 bits per heavy atom. The zero-order valence-electron chi connectivity index (χ0n) is 12.9. The van der Waals surface area contributed by atoms with E-state index in [4.69, 9.17) is 14.2 Å². The molecule has 1 aromatic rings. The Labute approximate surface area is 133 Å². The van der Waals surface area contributed by atoms with E-state index in [0.29, 0.717) is 11.1 Å². The summed E-state index contributed by atoms with van der Waals surface area (Å²) < 4.78 is 16.0. The van der Waals surface area contributed by atoms with Gasteiger partial charge in [0.05, 0.1) is 11.8 Å². The molecule has 23 heavy (non-hydrogen) atoms. The molecule has 0 bridgehead atoms. The summed E-state index contributed by atoms with van der Waals surface area (Å²) in [4.78, 5) is 23.5. The largest absolute Gasteiger partial charge is 0.458 e. The van der Waals surface area contributed by atoms with Crippen LogP contribution < -0.4 is 0 Å². The van der Waals surface area contributed by atoms with Crippen molar-refractivity contribution in [1.82, 2.24) is 0 Å². The number of aryl methyl sites for hydroxylation is 1. The first-order valence-corrected chi connectivity index (χ1v) is 7.59. The summed E-state index contributed by atoms with van der Waals surface area (Å²) in [6.07, 6.45) is 2.72. The predicted octanol–water partition coefficient (Wildman–Crippen LogP) is 2.49. The van der Waals surface area contributed by atoms with E-state index in [1.165, 1.54) is 11.8 Å². The molecule has 3 aliphatic rings. The van der Waals surface area contributed by atoms with Crippen LogP contribution >= 0.6 is 0 Å². The zero-order chi connectivity index (χ0) is 16.1. The van der Waals surface area contributed by atoms with Crippen LogP contribution in [-0.4, -0.2) is 18.2 Å². The van der Waals surface area contributed by atoms with Crippen LogP contribution in [-0.2, 0) is 30.2 Å². The Morgan fingerprint density at radius 1 is 1.17 bits per heavy atom. The molecule has 0 saturated carbocycles. The summed E-state index contributed by atoms with van der Waals surface area (Å²) in [5.41, 5.74) is 4.45. The molecule has 1 fully saturated rings. The van der Waals surface area contributed by atoms with E-state index >= 15 is 0 Å². The van der Waals surface area contributed by atoms with Crippen molar-refractivity contribution in [2.24, 2.45) is 5.92 Å². The summed E-state index contributed by atoms with van der Waals surface area (Å²) in [6, 6.07) is 6.11. The van der Waals surface area contributed by atoms with Crippen molar-refractivity contribution < 1.29 is 23.8 Å². The van der Waals surface area contributed by atoms with Crippen LogP contribution in [0.1, 0.15) is 29.7 Å². The monoisotopic (exact) mass is 312 g/mol. The average molecular weight is 312 g/mol. The maximum atomic E-state index is 12.1.